The molecule has 15 heavy (non-hydrogen) atoms. The first-order valence-corrected chi connectivity index (χ1v) is 6.80. The van der Waals surface area contributed by atoms with Gasteiger partial charge in [-0.2, -0.15) is 0 Å². The predicted molar refractivity (Wildman–Crippen MR) is 62.0 cm³/mol. The van der Waals surface area contributed by atoms with Crippen LogP contribution in [0.4, 0.5) is 0 Å². The summed E-state index contributed by atoms with van der Waals surface area (Å²) in [6.45, 7) is 0.889. The number of aromatic nitrogens is 1. The average molecular weight is 224 g/mol. The fourth-order valence-electron chi connectivity index (χ4n) is 1.76. The Morgan fingerprint density at radius 2 is 2.00 bits per heavy atom. The van der Waals surface area contributed by atoms with Crippen LogP contribution in [0.3, 0.4) is 0 Å². The van der Waals surface area contributed by atoms with Gasteiger partial charge in [-0.25, -0.2) is 0 Å². The van der Waals surface area contributed by atoms with Crippen LogP contribution < -0.4 is 5.32 Å². The van der Waals surface area contributed by atoms with Crippen LogP contribution in [0.15, 0.2) is 24.5 Å². The highest BCUT2D eigenvalue weighted by Gasteiger charge is 2.16. The first kappa shape index (κ1) is 10.8. The van der Waals surface area contributed by atoms with Crippen LogP contribution in [0.5, 0.6) is 0 Å². The molecule has 0 radical (unpaired) electrons. The summed E-state index contributed by atoms with van der Waals surface area (Å²) in [5, 5.41) is 3.50. The largest absolute Gasteiger partial charge is 0.310 e. The van der Waals surface area contributed by atoms with Gasteiger partial charge in [-0.15, -0.1) is 0 Å². The summed E-state index contributed by atoms with van der Waals surface area (Å²) in [4.78, 5) is 3.98. The summed E-state index contributed by atoms with van der Waals surface area (Å²) in [6.07, 6.45) is 5.70. The molecule has 1 aliphatic rings. The highest BCUT2D eigenvalue weighted by Crippen LogP contribution is 2.09. The van der Waals surface area contributed by atoms with Gasteiger partial charge >= 0.3 is 0 Å². The second-order valence-electron chi connectivity index (χ2n) is 3.86. The fraction of sp³-hybridized carbons (Fsp3) is 0.545. The molecule has 0 amide bonds. The van der Waals surface area contributed by atoms with Gasteiger partial charge < -0.3 is 5.32 Å². The Morgan fingerprint density at radius 1 is 1.33 bits per heavy atom. The van der Waals surface area contributed by atoms with Crippen molar-refractivity contribution >= 4 is 10.8 Å². The van der Waals surface area contributed by atoms with Gasteiger partial charge in [0.05, 0.1) is 0 Å². The summed E-state index contributed by atoms with van der Waals surface area (Å²) in [6, 6.07) is 4.58. The molecule has 4 heteroatoms. The first-order valence-electron chi connectivity index (χ1n) is 5.32. The quantitative estimate of drug-likeness (QED) is 0.835. The molecule has 1 aliphatic heterocycles. The molecule has 1 fully saturated rings. The third-order valence-corrected chi connectivity index (χ3v) is 4.11. The van der Waals surface area contributed by atoms with Crippen molar-refractivity contribution in [3.05, 3.63) is 30.1 Å². The van der Waals surface area contributed by atoms with E-state index in [0.717, 1.165) is 30.9 Å². The van der Waals surface area contributed by atoms with Crippen LogP contribution in [0.1, 0.15) is 18.4 Å². The Kier molecular flexibility index (Phi) is 3.86. The zero-order valence-electron chi connectivity index (χ0n) is 8.69. The van der Waals surface area contributed by atoms with Gasteiger partial charge in [-0.3, -0.25) is 9.19 Å². The Bertz CT molecular complexity index is 319. The van der Waals surface area contributed by atoms with Crippen molar-refractivity contribution in [2.24, 2.45) is 0 Å². The van der Waals surface area contributed by atoms with E-state index in [1.165, 1.54) is 5.56 Å². The Hall–Kier alpha value is -0.740. The van der Waals surface area contributed by atoms with E-state index in [9.17, 15) is 4.21 Å². The summed E-state index contributed by atoms with van der Waals surface area (Å²) in [5.74, 6) is 1.71. The van der Waals surface area contributed by atoms with E-state index < -0.39 is 10.8 Å². The second kappa shape index (κ2) is 5.37. The maximum atomic E-state index is 11.2. The number of pyridine rings is 1. The van der Waals surface area contributed by atoms with Crippen molar-refractivity contribution in [2.75, 3.05) is 11.5 Å². The normalized spacial score (nSPS) is 26.4. The summed E-state index contributed by atoms with van der Waals surface area (Å²) >= 11 is 0. The topological polar surface area (TPSA) is 42.0 Å². The minimum Gasteiger partial charge on any atom is -0.310 e. The molecule has 1 saturated heterocycles. The van der Waals surface area contributed by atoms with Gasteiger partial charge in [-0.1, -0.05) is 0 Å². The number of rotatable bonds is 3. The molecule has 0 aliphatic carbocycles. The van der Waals surface area contributed by atoms with E-state index >= 15 is 0 Å². The molecule has 1 aromatic rings. The third-order valence-electron chi connectivity index (χ3n) is 2.73. The lowest BCUT2D eigenvalue weighted by Crippen LogP contribution is -2.35. The summed E-state index contributed by atoms with van der Waals surface area (Å²) in [5.41, 5.74) is 1.26. The van der Waals surface area contributed by atoms with Crippen LogP contribution in [0.2, 0.25) is 0 Å². The molecule has 0 unspecified atom stereocenters. The maximum absolute atomic E-state index is 11.2. The van der Waals surface area contributed by atoms with Gasteiger partial charge in [0.25, 0.3) is 0 Å². The fourth-order valence-corrected chi connectivity index (χ4v) is 3.06. The molecule has 0 saturated carbocycles. The van der Waals surface area contributed by atoms with E-state index in [0.29, 0.717) is 6.04 Å². The monoisotopic (exact) mass is 224 g/mol. The van der Waals surface area contributed by atoms with Crippen LogP contribution >= 0.6 is 0 Å². The Balaban J connectivity index is 1.77. The molecular formula is C11H16N2OS. The zero-order chi connectivity index (χ0) is 10.5. The minimum absolute atomic E-state index is 0.538. The van der Waals surface area contributed by atoms with E-state index in [-0.39, 0.29) is 0 Å². The highest BCUT2D eigenvalue weighted by atomic mass is 32.2. The number of nitrogens with zero attached hydrogens (tertiary/aromatic N) is 1. The molecule has 1 N–H and O–H groups in total. The van der Waals surface area contributed by atoms with E-state index in [4.69, 9.17) is 0 Å². The lowest BCUT2D eigenvalue weighted by atomic mass is 10.1. The molecule has 0 spiro atoms. The molecular weight excluding hydrogens is 208 g/mol. The molecule has 1 aromatic heterocycles. The van der Waals surface area contributed by atoms with E-state index in [1.807, 2.05) is 24.5 Å². The standard InChI is InChI=1S/C11H16N2OS/c14-15-7-3-11(4-8-15)13-9-10-1-5-12-6-2-10/h1-2,5-6,11,13H,3-4,7-9H2. The lowest BCUT2D eigenvalue weighted by Gasteiger charge is -2.22. The lowest BCUT2D eigenvalue weighted by molar-refractivity contribution is 0.475. The summed E-state index contributed by atoms with van der Waals surface area (Å²) in [7, 11) is -0.559. The molecule has 82 valence electrons. The number of hydrogen-bond acceptors (Lipinski definition) is 3. The minimum atomic E-state index is -0.559. The van der Waals surface area contributed by atoms with Gasteiger partial charge in [0.15, 0.2) is 0 Å². The molecule has 0 bridgehead atoms. The highest BCUT2D eigenvalue weighted by molar-refractivity contribution is 7.85. The molecule has 0 aromatic carbocycles. The Labute approximate surface area is 92.8 Å². The van der Waals surface area contributed by atoms with Gasteiger partial charge in [-0.05, 0) is 30.5 Å². The predicted octanol–water partition coefficient (Wildman–Crippen LogP) is 1.08. The summed E-state index contributed by atoms with van der Waals surface area (Å²) < 4.78 is 11.2. The number of hydrogen-bond donors (Lipinski definition) is 1. The third kappa shape index (κ3) is 3.39. The SMILES string of the molecule is O=S1CCC(NCc2ccncc2)CC1. The molecule has 0 atom stereocenters. The van der Waals surface area contributed by atoms with Crippen LogP contribution in [-0.4, -0.2) is 26.7 Å². The van der Waals surface area contributed by atoms with Crippen LogP contribution in [0.25, 0.3) is 0 Å². The van der Waals surface area contributed by atoms with Crippen molar-refractivity contribution in [1.29, 1.82) is 0 Å². The zero-order valence-corrected chi connectivity index (χ0v) is 9.50. The van der Waals surface area contributed by atoms with Crippen molar-refractivity contribution in [3.63, 3.8) is 0 Å². The molecule has 2 heterocycles. The van der Waals surface area contributed by atoms with Gasteiger partial charge in [0, 0.05) is 47.3 Å². The second-order valence-corrected chi connectivity index (χ2v) is 5.55. The number of nitrogens with one attached hydrogen (secondary N) is 1. The van der Waals surface area contributed by atoms with Crippen molar-refractivity contribution in [3.8, 4) is 0 Å². The van der Waals surface area contributed by atoms with Gasteiger partial charge in [0.1, 0.15) is 0 Å². The van der Waals surface area contributed by atoms with Crippen LogP contribution in [0, 0.1) is 0 Å². The molecule has 3 nitrogen and oxygen atoms in total. The van der Waals surface area contributed by atoms with Crippen LogP contribution in [-0.2, 0) is 17.3 Å². The first-order chi connectivity index (χ1) is 7.34. The van der Waals surface area contributed by atoms with Crippen molar-refractivity contribution in [2.45, 2.75) is 25.4 Å². The van der Waals surface area contributed by atoms with E-state index in [1.54, 1.807) is 0 Å². The van der Waals surface area contributed by atoms with E-state index in [2.05, 4.69) is 10.3 Å². The van der Waals surface area contributed by atoms with Crippen molar-refractivity contribution in [1.82, 2.24) is 10.3 Å². The smallest absolute Gasteiger partial charge is 0.0271 e. The van der Waals surface area contributed by atoms with Gasteiger partial charge in [0.2, 0.25) is 0 Å². The maximum Gasteiger partial charge on any atom is 0.0271 e. The average Bonchev–Trinajstić information content (AvgIpc) is 2.30. The molecule has 2 rings (SSSR count). The Morgan fingerprint density at radius 3 is 2.67 bits per heavy atom. The van der Waals surface area contributed by atoms with Crippen molar-refractivity contribution < 1.29 is 4.21 Å².